The predicted octanol–water partition coefficient (Wildman–Crippen LogP) is 2.14. The highest BCUT2D eigenvalue weighted by Gasteiger charge is 2.08. The number of aryl methyl sites for hydroxylation is 1. The molecule has 1 aromatic carbocycles. The van der Waals surface area contributed by atoms with Gasteiger partial charge in [0.25, 0.3) is 0 Å². The standard InChI is InChI=1S/C10H10BrN3O/c1-14-10(12)7(5-13-14)6-2-3-9(15)8(11)4-6/h2-5,15H,12H2,1H3. The number of phenols is 1. The molecule has 0 amide bonds. The van der Waals surface area contributed by atoms with Crippen LogP contribution in [0.4, 0.5) is 5.82 Å². The molecule has 0 bridgehead atoms. The van der Waals surface area contributed by atoms with E-state index in [1.54, 1.807) is 30.1 Å². The number of aromatic hydroxyl groups is 1. The molecule has 15 heavy (non-hydrogen) atoms. The number of nitrogens with zero attached hydrogens (tertiary/aromatic N) is 2. The number of benzene rings is 1. The Morgan fingerprint density at radius 3 is 2.73 bits per heavy atom. The molecule has 0 spiro atoms. The Morgan fingerprint density at radius 1 is 1.47 bits per heavy atom. The van der Waals surface area contributed by atoms with Gasteiger partial charge in [0.05, 0.1) is 10.7 Å². The van der Waals surface area contributed by atoms with Crippen LogP contribution in [0.25, 0.3) is 11.1 Å². The Hall–Kier alpha value is -1.49. The van der Waals surface area contributed by atoms with E-state index in [2.05, 4.69) is 21.0 Å². The van der Waals surface area contributed by atoms with Gasteiger partial charge in [0.2, 0.25) is 0 Å². The fraction of sp³-hybridized carbons (Fsp3) is 0.100. The van der Waals surface area contributed by atoms with Crippen molar-refractivity contribution in [2.75, 3.05) is 5.73 Å². The van der Waals surface area contributed by atoms with Crippen molar-refractivity contribution >= 4 is 21.7 Å². The largest absolute Gasteiger partial charge is 0.507 e. The number of anilines is 1. The zero-order chi connectivity index (χ0) is 11.0. The Labute approximate surface area is 95.5 Å². The van der Waals surface area contributed by atoms with E-state index in [9.17, 15) is 5.11 Å². The third kappa shape index (κ3) is 1.70. The van der Waals surface area contributed by atoms with E-state index in [-0.39, 0.29) is 5.75 Å². The van der Waals surface area contributed by atoms with Crippen LogP contribution in [0.5, 0.6) is 5.75 Å². The van der Waals surface area contributed by atoms with Gasteiger partial charge in [-0.15, -0.1) is 0 Å². The van der Waals surface area contributed by atoms with Gasteiger partial charge in [-0.2, -0.15) is 5.10 Å². The quantitative estimate of drug-likeness (QED) is 0.832. The number of nitrogens with two attached hydrogens (primary N) is 1. The van der Waals surface area contributed by atoms with Crippen LogP contribution in [0.15, 0.2) is 28.9 Å². The second-order valence-corrected chi connectivity index (χ2v) is 4.09. The van der Waals surface area contributed by atoms with E-state index in [0.29, 0.717) is 10.3 Å². The molecule has 0 saturated carbocycles. The van der Waals surface area contributed by atoms with Crippen molar-refractivity contribution in [3.63, 3.8) is 0 Å². The first-order chi connectivity index (χ1) is 7.09. The van der Waals surface area contributed by atoms with Crippen LogP contribution in [0.3, 0.4) is 0 Å². The summed E-state index contributed by atoms with van der Waals surface area (Å²) in [6.07, 6.45) is 1.70. The first-order valence-corrected chi connectivity index (χ1v) is 5.15. The molecule has 0 aliphatic carbocycles. The number of nitrogen functional groups attached to an aromatic ring is 1. The lowest BCUT2D eigenvalue weighted by atomic mass is 10.1. The fourth-order valence-corrected chi connectivity index (χ4v) is 1.72. The van der Waals surface area contributed by atoms with Gasteiger partial charge >= 0.3 is 0 Å². The van der Waals surface area contributed by atoms with E-state index in [1.165, 1.54) is 0 Å². The van der Waals surface area contributed by atoms with Crippen LogP contribution in [0.2, 0.25) is 0 Å². The molecule has 4 nitrogen and oxygen atoms in total. The summed E-state index contributed by atoms with van der Waals surface area (Å²) in [5, 5.41) is 13.4. The van der Waals surface area contributed by atoms with Gasteiger partial charge in [0.1, 0.15) is 11.6 Å². The fourth-order valence-electron chi connectivity index (χ4n) is 1.34. The molecule has 0 atom stereocenters. The Kier molecular flexibility index (Phi) is 2.40. The van der Waals surface area contributed by atoms with Gasteiger partial charge in [-0.05, 0) is 33.6 Å². The van der Waals surface area contributed by atoms with Crippen molar-refractivity contribution in [3.05, 3.63) is 28.9 Å². The highest BCUT2D eigenvalue weighted by Crippen LogP contribution is 2.31. The SMILES string of the molecule is Cn1ncc(-c2ccc(O)c(Br)c2)c1N. The number of phenolic OH excluding ortho intramolecular Hbond substituents is 1. The summed E-state index contributed by atoms with van der Waals surface area (Å²) < 4.78 is 2.25. The lowest BCUT2D eigenvalue weighted by Gasteiger charge is -2.02. The average Bonchev–Trinajstić information content (AvgIpc) is 2.53. The molecular weight excluding hydrogens is 258 g/mol. The maximum absolute atomic E-state index is 9.37. The van der Waals surface area contributed by atoms with E-state index in [4.69, 9.17) is 5.73 Å². The summed E-state index contributed by atoms with van der Waals surface area (Å²) in [5.74, 6) is 0.814. The molecule has 2 aromatic rings. The van der Waals surface area contributed by atoms with E-state index in [0.717, 1.165) is 11.1 Å². The minimum Gasteiger partial charge on any atom is -0.507 e. The first-order valence-electron chi connectivity index (χ1n) is 4.36. The normalized spacial score (nSPS) is 10.5. The predicted molar refractivity (Wildman–Crippen MR) is 62.4 cm³/mol. The summed E-state index contributed by atoms with van der Waals surface area (Å²) in [7, 11) is 1.79. The summed E-state index contributed by atoms with van der Waals surface area (Å²) in [6.45, 7) is 0. The summed E-state index contributed by atoms with van der Waals surface area (Å²) in [4.78, 5) is 0. The zero-order valence-corrected chi connectivity index (χ0v) is 9.69. The van der Waals surface area contributed by atoms with Crippen LogP contribution in [0, 0.1) is 0 Å². The third-order valence-electron chi connectivity index (χ3n) is 2.24. The summed E-state index contributed by atoms with van der Waals surface area (Å²) >= 11 is 3.26. The smallest absolute Gasteiger partial charge is 0.129 e. The topological polar surface area (TPSA) is 64.1 Å². The molecule has 1 heterocycles. The third-order valence-corrected chi connectivity index (χ3v) is 2.88. The van der Waals surface area contributed by atoms with Gasteiger partial charge in [-0.3, -0.25) is 4.68 Å². The molecule has 1 aromatic heterocycles. The van der Waals surface area contributed by atoms with E-state index >= 15 is 0 Å². The average molecular weight is 268 g/mol. The highest BCUT2D eigenvalue weighted by molar-refractivity contribution is 9.10. The second-order valence-electron chi connectivity index (χ2n) is 3.23. The van der Waals surface area contributed by atoms with Gasteiger partial charge < -0.3 is 10.8 Å². The molecular formula is C10H10BrN3O. The number of halogens is 1. The van der Waals surface area contributed by atoms with Gasteiger partial charge in [0.15, 0.2) is 0 Å². The lowest BCUT2D eigenvalue weighted by Crippen LogP contribution is -1.97. The minimum absolute atomic E-state index is 0.209. The zero-order valence-electron chi connectivity index (χ0n) is 8.11. The molecule has 0 radical (unpaired) electrons. The van der Waals surface area contributed by atoms with E-state index in [1.807, 2.05) is 6.07 Å². The van der Waals surface area contributed by atoms with Crippen molar-refractivity contribution < 1.29 is 5.11 Å². The number of hydrogen-bond acceptors (Lipinski definition) is 3. The van der Waals surface area contributed by atoms with Crippen molar-refractivity contribution in [2.24, 2.45) is 7.05 Å². The maximum atomic E-state index is 9.37. The van der Waals surface area contributed by atoms with Gasteiger partial charge in [0, 0.05) is 12.6 Å². The Bertz CT molecular complexity index is 507. The van der Waals surface area contributed by atoms with Crippen molar-refractivity contribution in [1.29, 1.82) is 0 Å². The molecule has 5 heteroatoms. The van der Waals surface area contributed by atoms with Crippen molar-refractivity contribution in [3.8, 4) is 16.9 Å². The van der Waals surface area contributed by atoms with Crippen LogP contribution < -0.4 is 5.73 Å². The first kappa shape index (κ1) is 10.0. The molecule has 0 saturated heterocycles. The molecule has 0 aliphatic rings. The monoisotopic (exact) mass is 267 g/mol. The van der Waals surface area contributed by atoms with Crippen LogP contribution in [-0.2, 0) is 7.05 Å². The van der Waals surface area contributed by atoms with Gasteiger partial charge in [-0.25, -0.2) is 0 Å². The number of hydrogen-bond donors (Lipinski definition) is 2. The molecule has 3 N–H and O–H groups in total. The van der Waals surface area contributed by atoms with Crippen LogP contribution >= 0.6 is 15.9 Å². The maximum Gasteiger partial charge on any atom is 0.129 e. The lowest BCUT2D eigenvalue weighted by molar-refractivity contribution is 0.472. The molecule has 0 unspecified atom stereocenters. The van der Waals surface area contributed by atoms with E-state index < -0.39 is 0 Å². The van der Waals surface area contributed by atoms with Crippen molar-refractivity contribution in [1.82, 2.24) is 9.78 Å². The molecule has 0 fully saturated rings. The van der Waals surface area contributed by atoms with Gasteiger partial charge in [-0.1, -0.05) is 6.07 Å². The molecule has 78 valence electrons. The summed E-state index contributed by atoms with van der Waals surface area (Å²) in [5.41, 5.74) is 7.63. The summed E-state index contributed by atoms with van der Waals surface area (Å²) in [6, 6.07) is 5.22. The number of aromatic nitrogens is 2. The Morgan fingerprint density at radius 2 is 2.20 bits per heavy atom. The van der Waals surface area contributed by atoms with Crippen LogP contribution in [-0.4, -0.2) is 14.9 Å². The van der Waals surface area contributed by atoms with Crippen molar-refractivity contribution in [2.45, 2.75) is 0 Å². The molecule has 2 rings (SSSR count). The molecule has 0 aliphatic heterocycles. The Balaban J connectivity index is 2.55. The minimum atomic E-state index is 0.209. The number of rotatable bonds is 1. The highest BCUT2D eigenvalue weighted by atomic mass is 79.9. The second kappa shape index (κ2) is 3.58. The van der Waals surface area contributed by atoms with Crippen LogP contribution in [0.1, 0.15) is 0 Å².